The Morgan fingerprint density at radius 3 is 2.62 bits per heavy atom. The third kappa shape index (κ3) is 4.41. The Balaban J connectivity index is 1.54. The van der Waals surface area contributed by atoms with Crippen LogP contribution in [0.15, 0.2) is 36.4 Å². The molecule has 1 heterocycles. The van der Waals surface area contributed by atoms with Gasteiger partial charge in [0.05, 0.1) is 16.1 Å². The van der Waals surface area contributed by atoms with Gasteiger partial charge in [0, 0.05) is 13.1 Å². The third-order valence-corrected chi connectivity index (χ3v) is 5.10. The van der Waals surface area contributed by atoms with Crippen LogP contribution < -0.4 is 14.8 Å². The SMILES string of the molecule is C[C@@H](C(=O)NCc1ccc2c(c1)OCO2)N(C)Cc1ccc(Cl)c(Cl)c1. The highest BCUT2D eigenvalue weighted by molar-refractivity contribution is 6.42. The van der Waals surface area contributed by atoms with Gasteiger partial charge in [-0.15, -0.1) is 0 Å². The molecule has 1 N–H and O–H groups in total. The van der Waals surface area contributed by atoms with Crippen LogP contribution in [0.5, 0.6) is 11.5 Å². The molecular weight excluding hydrogens is 375 g/mol. The second-order valence-electron chi connectivity index (χ2n) is 6.24. The second-order valence-corrected chi connectivity index (χ2v) is 7.06. The number of halogens is 2. The molecule has 1 aliphatic rings. The number of hydrogen-bond acceptors (Lipinski definition) is 4. The standard InChI is InChI=1S/C19H20Cl2N2O3/c1-12(23(2)10-14-3-5-15(20)16(21)7-14)19(24)22-9-13-4-6-17-18(8-13)26-11-25-17/h3-8,12H,9-11H2,1-2H3,(H,22,24)/t12-/m0/s1. The van der Waals surface area contributed by atoms with Gasteiger partial charge in [0.2, 0.25) is 12.7 Å². The number of carbonyl (C=O) groups is 1. The van der Waals surface area contributed by atoms with Crippen molar-refractivity contribution in [1.29, 1.82) is 0 Å². The largest absolute Gasteiger partial charge is 0.454 e. The molecule has 1 atom stereocenters. The van der Waals surface area contributed by atoms with Crippen LogP contribution in [0.25, 0.3) is 0 Å². The Kier molecular flexibility index (Phi) is 5.91. The van der Waals surface area contributed by atoms with Gasteiger partial charge in [0.1, 0.15) is 0 Å². The van der Waals surface area contributed by atoms with Crippen LogP contribution in [-0.2, 0) is 17.9 Å². The lowest BCUT2D eigenvalue weighted by atomic mass is 10.1. The van der Waals surface area contributed by atoms with Gasteiger partial charge in [-0.2, -0.15) is 0 Å². The number of benzene rings is 2. The van der Waals surface area contributed by atoms with E-state index in [1.54, 1.807) is 6.07 Å². The van der Waals surface area contributed by atoms with Crippen molar-refractivity contribution in [3.63, 3.8) is 0 Å². The highest BCUT2D eigenvalue weighted by Gasteiger charge is 2.19. The number of fused-ring (bicyclic) bond motifs is 1. The summed E-state index contributed by atoms with van der Waals surface area (Å²) in [5.41, 5.74) is 1.96. The molecule has 0 spiro atoms. The van der Waals surface area contributed by atoms with Crippen LogP contribution in [0.4, 0.5) is 0 Å². The van der Waals surface area contributed by atoms with E-state index >= 15 is 0 Å². The minimum atomic E-state index is -0.293. The Bertz CT molecular complexity index is 813. The first kappa shape index (κ1) is 18.8. The highest BCUT2D eigenvalue weighted by atomic mass is 35.5. The first-order valence-electron chi connectivity index (χ1n) is 8.24. The van der Waals surface area contributed by atoms with E-state index in [0.717, 1.165) is 16.9 Å². The number of nitrogens with zero attached hydrogens (tertiary/aromatic N) is 1. The quantitative estimate of drug-likeness (QED) is 0.807. The van der Waals surface area contributed by atoms with E-state index < -0.39 is 0 Å². The van der Waals surface area contributed by atoms with Crippen LogP contribution in [0.2, 0.25) is 10.0 Å². The van der Waals surface area contributed by atoms with Crippen molar-refractivity contribution in [1.82, 2.24) is 10.2 Å². The van der Waals surface area contributed by atoms with E-state index in [9.17, 15) is 4.79 Å². The van der Waals surface area contributed by atoms with E-state index in [-0.39, 0.29) is 18.7 Å². The number of rotatable bonds is 6. The van der Waals surface area contributed by atoms with Crippen LogP contribution in [-0.4, -0.2) is 30.7 Å². The van der Waals surface area contributed by atoms with Crippen molar-refractivity contribution in [2.75, 3.05) is 13.8 Å². The van der Waals surface area contributed by atoms with E-state index in [2.05, 4.69) is 5.32 Å². The number of carbonyl (C=O) groups excluding carboxylic acids is 1. The summed E-state index contributed by atoms with van der Waals surface area (Å²) in [5, 5.41) is 3.99. The number of hydrogen-bond donors (Lipinski definition) is 1. The lowest BCUT2D eigenvalue weighted by molar-refractivity contribution is -0.125. The molecule has 1 aliphatic heterocycles. The Morgan fingerprint density at radius 2 is 1.85 bits per heavy atom. The van der Waals surface area contributed by atoms with E-state index in [1.807, 2.05) is 49.2 Å². The number of likely N-dealkylation sites (N-methyl/N-ethyl adjacent to an activating group) is 1. The van der Waals surface area contributed by atoms with Crippen molar-refractivity contribution in [3.05, 3.63) is 57.6 Å². The molecular formula is C19H20Cl2N2O3. The number of ether oxygens (including phenoxy) is 2. The first-order chi connectivity index (χ1) is 12.4. The molecule has 1 amide bonds. The van der Waals surface area contributed by atoms with Gasteiger partial charge < -0.3 is 14.8 Å². The minimum absolute atomic E-state index is 0.0507. The molecule has 0 saturated heterocycles. The Hall–Kier alpha value is -1.95. The summed E-state index contributed by atoms with van der Waals surface area (Å²) in [4.78, 5) is 14.4. The number of amides is 1. The summed E-state index contributed by atoms with van der Waals surface area (Å²) >= 11 is 12.0. The van der Waals surface area contributed by atoms with Crippen LogP contribution in [0, 0.1) is 0 Å². The van der Waals surface area contributed by atoms with Crippen molar-refractivity contribution in [2.45, 2.75) is 26.1 Å². The molecule has 2 aromatic rings. The van der Waals surface area contributed by atoms with Gasteiger partial charge in [-0.1, -0.05) is 35.3 Å². The van der Waals surface area contributed by atoms with E-state index in [1.165, 1.54) is 0 Å². The van der Waals surface area contributed by atoms with Crippen molar-refractivity contribution in [3.8, 4) is 11.5 Å². The fourth-order valence-electron chi connectivity index (χ4n) is 2.65. The molecule has 0 unspecified atom stereocenters. The summed E-state index contributed by atoms with van der Waals surface area (Å²) in [6, 6.07) is 10.8. The molecule has 26 heavy (non-hydrogen) atoms. The maximum Gasteiger partial charge on any atom is 0.237 e. The smallest absolute Gasteiger partial charge is 0.237 e. The van der Waals surface area contributed by atoms with Crippen LogP contribution >= 0.6 is 23.2 Å². The van der Waals surface area contributed by atoms with E-state index in [0.29, 0.717) is 28.9 Å². The molecule has 5 nitrogen and oxygen atoms in total. The fourth-order valence-corrected chi connectivity index (χ4v) is 2.97. The molecule has 0 bridgehead atoms. The molecule has 0 aromatic heterocycles. The zero-order chi connectivity index (χ0) is 18.7. The molecule has 3 rings (SSSR count). The summed E-state index contributed by atoms with van der Waals surface area (Å²) in [6.07, 6.45) is 0. The van der Waals surface area contributed by atoms with Gasteiger partial charge in [0.15, 0.2) is 11.5 Å². The molecule has 138 valence electrons. The topological polar surface area (TPSA) is 50.8 Å². The minimum Gasteiger partial charge on any atom is -0.454 e. The van der Waals surface area contributed by atoms with Gasteiger partial charge in [-0.3, -0.25) is 9.69 Å². The van der Waals surface area contributed by atoms with Gasteiger partial charge in [-0.25, -0.2) is 0 Å². The van der Waals surface area contributed by atoms with E-state index in [4.69, 9.17) is 32.7 Å². The van der Waals surface area contributed by atoms with Crippen molar-refractivity contribution >= 4 is 29.1 Å². The lowest BCUT2D eigenvalue weighted by Crippen LogP contribution is -2.42. The third-order valence-electron chi connectivity index (χ3n) is 4.36. The molecule has 0 radical (unpaired) electrons. The molecule has 0 saturated carbocycles. The van der Waals surface area contributed by atoms with Crippen molar-refractivity contribution in [2.24, 2.45) is 0 Å². The van der Waals surface area contributed by atoms with Crippen LogP contribution in [0.1, 0.15) is 18.1 Å². The first-order valence-corrected chi connectivity index (χ1v) is 9.00. The average Bonchev–Trinajstić information content (AvgIpc) is 3.09. The summed E-state index contributed by atoms with van der Waals surface area (Å²) in [6.45, 7) is 3.13. The Morgan fingerprint density at radius 1 is 1.12 bits per heavy atom. The fraction of sp³-hybridized carbons (Fsp3) is 0.316. The highest BCUT2D eigenvalue weighted by Crippen LogP contribution is 2.32. The van der Waals surface area contributed by atoms with Gasteiger partial charge >= 0.3 is 0 Å². The van der Waals surface area contributed by atoms with Gasteiger partial charge in [0.25, 0.3) is 0 Å². The molecule has 2 aromatic carbocycles. The zero-order valence-electron chi connectivity index (χ0n) is 14.6. The molecule has 7 heteroatoms. The zero-order valence-corrected chi connectivity index (χ0v) is 16.1. The maximum atomic E-state index is 12.4. The normalized spacial score (nSPS) is 13.7. The lowest BCUT2D eigenvalue weighted by Gasteiger charge is -2.24. The summed E-state index contributed by atoms with van der Waals surface area (Å²) in [5.74, 6) is 1.39. The monoisotopic (exact) mass is 394 g/mol. The maximum absolute atomic E-state index is 12.4. The summed E-state index contributed by atoms with van der Waals surface area (Å²) < 4.78 is 10.6. The molecule has 0 fully saturated rings. The Labute approximate surface area is 162 Å². The predicted octanol–water partition coefficient (Wildman–Crippen LogP) is 3.86. The van der Waals surface area contributed by atoms with Gasteiger partial charge in [-0.05, 0) is 49.4 Å². The van der Waals surface area contributed by atoms with Crippen molar-refractivity contribution < 1.29 is 14.3 Å². The molecule has 0 aliphatic carbocycles. The summed E-state index contributed by atoms with van der Waals surface area (Å²) in [7, 11) is 1.90. The second kappa shape index (κ2) is 8.16. The predicted molar refractivity (Wildman–Crippen MR) is 102 cm³/mol. The van der Waals surface area contributed by atoms with Crippen LogP contribution in [0.3, 0.4) is 0 Å². The number of nitrogens with one attached hydrogen (secondary N) is 1. The average molecular weight is 395 g/mol.